The number of rotatable bonds is 9. The quantitative estimate of drug-likeness (QED) is 0.422. The normalized spacial score (nSPS) is 11.3. The molecule has 0 aliphatic rings. The van der Waals surface area contributed by atoms with Gasteiger partial charge in [0.2, 0.25) is 0 Å². The van der Waals surface area contributed by atoms with E-state index in [1.807, 2.05) is 12.1 Å². The molecular formula is C20H22INO6. The summed E-state index contributed by atoms with van der Waals surface area (Å²) >= 11 is 2.19. The maximum Gasteiger partial charge on any atom is 0.307 e. The number of halogens is 1. The van der Waals surface area contributed by atoms with Gasteiger partial charge in [0.05, 0.1) is 33.8 Å². The summed E-state index contributed by atoms with van der Waals surface area (Å²) in [5.74, 6) is 0.836. The van der Waals surface area contributed by atoms with Crippen molar-refractivity contribution in [3.8, 4) is 17.2 Å². The highest BCUT2D eigenvalue weighted by molar-refractivity contribution is 14.1. The molecule has 0 fully saturated rings. The number of ether oxygens (including phenoxy) is 4. The predicted octanol–water partition coefficient (Wildman–Crippen LogP) is 3.11. The predicted molar refractivity (Wildman–Crippen MR) is 112 cm³/mol. The second kappa shape index (κ2) is 10.7. The van der Waals surface area contributed by atoms with Gasteiger partial charge >= 0.3 is 5.97 Å². The molecule has 0 aliphatic heterocycles. The minimum Gasteiger partial charge on any atom is -0.493 e. The Bertz CT molecular complexity index is 809. The van der Waals surface area contributed by atoms with Crippen LogP contribution in [-0.2, 0) is 14.3 Å². The summed E-state index contributed by atoms with van der Waals surface area (Å²) in [6.07, 6.45) is -0.0265. The Morgan fingerprint density at radius 3 is 2.29 bits per heavy atom. The maximum atomic E-state index is 12.4. The largest absolute Gasteiger partial charge is 0.493 e. The highest BCUT2D eigenvalue weighted by Crippen LogP contribution is 2.31. The fraction of sp³-hybridized carbons (Fsp3) is 0.300. The van der Waals surface area contributed by atoms with Gasteiger partial charge in [-0.05, 0) is 64.6 Å². The molecule has 0 saturated heterocycles. The number of carbonyl (C=O) groups excluding carboxylic acids is 2. The van der Waals surface area contributed by atoms with Gasteiger partial charge < -0.3 is 24.3 Å². The first kappa shape index (κ1) is 21.8. The molecule has 0 spiro atoms. The number of esters is 1. The van der Waals surface area contributed by atoms with E-state index >= 15 is 0 Å². The lowest BCUT2D eigenvalue weighted by molar-refractivity contribution is -0.141. The van der Waals surface area contributed by atoms with Crippen molar-refractivity contribution in [1.82, 2.24) is 5.32 Å². The monoisotopic (exact) mass is 499 g/mol. The molecule has 0 saturated carbocycles. The smallest absolute Gasteiger partial charge is 0.307 e. The molecule has 28 heavy (non-hydrogen) atoms. The lowest BCUT2D eigenvalue weighted by Gasteiger charge is -2.20. The second-order valence-electron chi connectivity index (χ2n) is 5.76. The van der Waals surface area contributed by atoms with E-state index < -0.39 is 12.0 Å². The van der Waals surface area contributed by atoms with Gasteiger partial charge in [-0.15, -0.1) is 0 Å². The van der Waals surface area contributed by atoms with Crippen LogP contribution in [0.25, 0.3) is 0 Å². The van der Waals surface area contributed by atoms with Crippen LogP contribution in [0.4, 0.5) is 0 Å². The van der Waals surface area contributed by atoms with E-state index in [4.69, 9.17) is 18.9 Å². The SMILES string of the molecule is COC(=O)CC(NC(=O)COc1ccc(I)cc1)c1ccc(OC)c(OC)c1. The summed E-state index contributed by atoms with van der Waals surface area (Å²) < 4.78 is 21.8. The van der Waals surface area contributed by atoms with Crippen LogP contribution in [0.2, 0.25) is 0 Å². The van der Waals surface area contributed by atoms with Crippen molar-refractivity contribution >= 4 is 34.5 Å². The third-order valence-electron chi connectivity index (χ3n) is 3.93. The first-order chi connectivity index (χ1) is 13.5. The molecule has 1 unspecified atom stereocenters. The molecule has 0 aromatic heterocycles. The molecule has 2 aromatic rings. The van der Waals surface area contributed by atoms with Crippen molar-refractivity contribution in [1.29, 1.82) is 0 Å². The van der Waals surface area contributed by atoms with Crippen LogP contribution in [0.15, 0.2) is 42.5 Å². The third-order valence-corrected chi connectivity index (χ3v) is 4.65. The Labute approximate surface area is 177 Å². The van der Waals surface area contributed by atoms with E-state index in [-0.39, 0.29) is 18.9 Å². The Balaban J connectivity index is 2.10. The lowest BCUT2D eigenvalue weighted by Crippen LogP contribution is -2.34. The fourth-order valence-electron chi connectivity index (χ4n) is 2.49. The molecule has 8 heteroatoms. The van der Waals surface area contributed by atoms with Gasteiger partial charge in [-0.3, -0.25) is 9.59 Å². The highest BCUT2D eigenvalue weighted by Gasteiger charge is 2.21. The molecule has 7 nitrogen and oxygen atoms in total. The molecule has 0 bridgehead atoms. The summed E-state index contributed by atoms with van der Waals surface area (Å²) in [6.45, 7) is -0.175. The van der Waals surface area contributed by atoms with E-state index in [9.17, 15) is 9.59 Å². The van der Waals surface area contributed by atoms with Crippen LogP contribution in [0, 0.1) is 3.57 Å². The number of nitrogens with one attached hydrogen (secondary N) is 1. The van der Waals surface area contributed by atoms with Crippen LogP contribution in [-0.4, -0.2) is 39.8 Å². The zero-order valence-corrected chi connectivity index (χ0v) is 18.0. The Morgan fingerprint density at radius 2 is 1.68 bits per heavy atom. The minimum atomic E-state index is -0.597. The average molecular weight is 499 g/mol. The van der Waals surface area contributed by atoms with Crippen LogP contribution in [0.1, 0.15) is 18.0 Å². The van der Waals surface area contributed by atoms with Gasteiger partial charge in [0.1, 0.15) is 5.75 Å². The Morgan fingerprint density at radius 1 is 1.00 bits per heavy atom. The topological polar surface area (TPSA) is 83.1 Å². The lowest BCUT2D eigenvalue weighted by atomic mass is 10.0. The van der Waals surface area contributed by atoms with Gasteiger partial charge in [-0.25, -0.2) is 0 Å². The first-order valence-corrected chi connectivity index (χ1v) is 9.51. The number of hydrogen-bond acceptors (Lipinski definition) is 6. The van der Waals surface area contributed by atoms with Crippen molar-refractivity contribution in [2.45, 2.75) is 12.5 Å². The molecule has 2 aromatic carbocycles. The van der Waals surface area contributed by atoms with Crippen molar-refractivity contribution in [2.24, 2.45) is 0 Å². The number of amides is 1. The molecule has 1 amide bonds. The molecule has 0 radical (unpaired) electrons. The number of benzene rings is 2. The van der Waals surface area contributed by atoms with Gasteiger partial charge in [-0.2, -0.15) is 0 Å². The zero-order valence-electron chi connectivity index (χ0n) is 15.9. The van der Waals surface area contributed by atoms with E-state index in [2.05, 4.69) is 27.9 Å². The van der Waals surface area contributed by atoms with Crippen LogP contribution < -0.4 is 19.5 Å². The highest BCUT2D eigenvalue weighted by atomic mass is 127. The zero-order chi connectivity index (χ0) is 20.5. The molecule has 1 N–H and O–H groups in total. The summed E-state index contributed by atoms with van der Waals surface area (Å²) in [6, 6.07) is 11.9. The van der Waals surface area contributed by atoms with Gasteiger partial charge in [0, 0.05) is 3.57 Å². The maximum absolute atomic E-state index is 12.4. The average Bonchev–Trinajstić information content (AvgIpc) is 2.72. The standard InChI is InChI=1S/C20H22INO6/c1-25-17-9-4-13(10-18(17)26-2)16(11-20(24)27-3)22-19(23)12-28-15-7-5-14(21)6-8-15/h4-10,16H,11-12H2,1-3H3,(H,22,23). The van der Waals surface area contributed by atoms with E-state index in [1.165, 1.54) is 21.3 Å². The number of methoxy groups -OCH3 is 3. The van der Waals surface area contributed by atoms with Crippen molar-refractivity contribution in [3.05, 3.63) is 51.6 Å². The Kier molecular flexibility index (Phi) is 8.37. The molecule has 2 rings (SSSR count). The van der Waals surface area contributed by atoms with Gasteiger partial charge in [-0.1, -0.05) is 6.07 Å². The van der Waals surface area contributed by atoms with E-state index in [1.54, 1.807) is 30.3 Å². The van der Waals surface area contributed by atoms with Crippen LogP contribution >= 0.6 is 22.6 Å². The molecule has 0 aliphatic carbocycles. The third kappa shape index (κ3) is 6.29. The molecule has 0 heterocycles. The molecular weight excluding hydrogens is 477 g/mol. The minimum absolute atomic E-state index is 0.0265. The number of carbonyl (C=O) groups is 2. The van der Waals surface area contributed by atoms with Gasteiger partial charge in [0.15, 0.2) is 18.1 Å². The van der Waals surface area contributed by atoms with Gasteiger partial charge in [0.25, 0.3) is 5.91 Å². The van der Waals surface area contributed by atoms with Crippen molar-refractivity contribution in [2.75, 3.05) is 27.9 Å². The first-order valence-electron chi connectivity index (χ1n) is 8.43. The van der Waals surface area contributed by atoms with E-state index in [0.29, 0.717) is 22.8 Å². The van der Waals surface area contributed by atoms with Crippen molar-refractivity contribution in [3.63, 3.8) is 0 Å². The molecule has 150 valence electrons. The summed E-state index contributed by atoms with van der Waals surface area (Å²) in [4.78, 5) is 24.2. The Hall–Kier alpha value is -2.49. The second-order valence-corrected chi connectivity index (χ2v) is 7.00. The van der Waals surface area contributed by atoms with E-state index in [0.717, 1.165) is 3.57 Å². The molecule has 1 atom stereocenters. The fourth-order valence-corrected chi connectivity index (χ4v) is 2.85. The summed E-state index contributed by atoms with van der Waals surface area (Å²) in [5.41, 5.74) is 0.686. The summed E-state index contributed by atoms with van der Waals surface area (Å²) in [7, 11) is 4.35. The van der Waals surface area contributed by atoms with Crippen LogP contribution in [0.3, 0.4) is 0 Å². The number of hydrogen-bond donors (Lipinski definition) is 1. The van der Waals surface area contributed by atoms with Crippen LogP contribution in [0.5, 0.6) is 17.2 Å². The van der Waals surface area contributed by atoms with Crippen molar-refractivity contribution < 1.29 is 28.5 Å². The summed E-state index contributed by atoms with van der Waals surface area (Å²) in [5, 5.41) is 2.81.